The van der Waals surface area contributed by atoms with Gasteiger partial charge in [0.2, 0.25) is 0 Å². The Bertz CT molecular complexity index is 473. The second kappa shape index (κ2) is 5.41. The summed E-state index contributed by atoms with van der Waals surface area (Å²) in [6.45, 7) is 0.721. The van der Waals surface area contributed by atoms with E-state index < -0.39 is 0 Å². The number of nitrogens with zero attached hydrogens (tertiary/aromatic N) is 3. The van der Waals surface area contributed by atoms with Crippen LogP contribution in [0.4, 0.5) is 5.82 Å². The van der Waals surface area contributed by atoms with Gasteiger partial charge >= 0.3 is 0 Å². The van der Waals surface area contributed by atoms with Gasteiger partial charge in [-0.1, -0.05) is 12.1 Å². The summed E-state index contributed by atoms with van der Waals surface area (Å²) in [5, 5.41) is 9.25. The van der Waals surface area contributed by atoms with Crippen molar-refractivity contribution in [3.05, 3.63) is 54.0 Å². The summed E-state index contributed by atoms with van der Waals surface area (Å²) in [7, 11) is 1.95. The minimum atomic E-state index is 0.000549. The molecule has 0 bridgehead atoms. The third-order valence-corrected chi connectivity index (χ3v) is 2.54. The molecule has 1 N–H and O–H groups in total. The molecule has 0 aromatic carbocycles. The number of aromatic nitrogens is 2. The molecular formula is C13H15N3O. The molecule has 0 aliphatic rings. The molecule has 0 saturated heterocycles. The molecule has 0 amide bonds. The molecule has 0 aliphatic heterocycles. The van der Waals surface area contributed by atoms with Crippen LogP contribution in [-0.4, -0.2) is 22.1 Å². The van der Waals surface area contributed by atoms with Crippen LogP contribution in [0.1, 0.15) is 11.1 Å². The minimum absolute atomic E-state index is 0.000549. The van der Waals surface area contributed by atoms with Crippen molar-refractivity contribution in [3.63, 3.8) is 0 Å². The Morgan fingerprint density at radius 1 is 1.24 bits per heavy atom. The van der Waals surface area contributed by atoms with E-state index in [0.29, 0.717) is 0 Å². The second-order valence-corrected chi connectivity index (χ2v) is 3.86. The van der Waals surface area contributed by atoms with Crippen LogP contribution < -0.4 is 4.90 Å². The highest BCUT2D eigenvalue weighted by Gasteiger charge is 2.08. The van der Waals surface area contributed by atoms with Crippen LogP contribution in [0.25, 0.3) is 0 Å². The Balaban J connectivity index is 2.17. The lowest BCUT2D eigenvalue weighted by Gasteiger charge is -2.20. The van der Waals surface area contributed by atoms with Gasteiger partial charge in [-0.25, -0.2) is 4.98 Å². The fourth-order valence-corrected chi connectivity index (χ4v) is 1.74. The predicted octanol–water partition coefficient (Wildman–Crippen LogP) is 1.61. The van der Waals surface area contributed by atoms with Gasteiger partial charge in [-0.2, -0.15) is 0 Å². The summed E-state index contributed by atoms with van der Waals surface area (Å²) in [4.78, 5) is 10.4. The van der Waals surface area contributed by atoms with Crippen molar-refractivity contribution < 1.29 is 5.11 Å². The monoisotopic (exact) mass is 229 g/mol. The largest absolute Gasteiger partial charge is 0.392 e. The summed E-state index contributed by atoms with van der Waals surface area (Å²) in [6.07, 6.45) is 5.32. The molecule has 2 aromatic heterocycles. The first-order chi connectivity index (χ1) is 8.31. The summed E-state index contributed by atoms with van der Waals surface area (Å²) >= 11 is 0. The van der Waals surface area contributed by atoms with Crippen LogP contribution in [0.5, 0.6) is 0 Å². The van der Waals surface area contributed by atoms with Gasteiger partial charge in [-0.15, -0.1) is 0 Å². The number of hydrogen-bond acceptors (Lipinski definition) is 4. The highest BCUT2D eigenvalue weighted by Crippen LogP contribution is 2.17. The molecule has 2 heterocycles. The van der Waals surface area contributed by atoms with Crippen molar-refractivity contribution in [1.29, 1.82) is 0 Å². The van der Waals surface area contributed by atoms with Crippen LogP contribution >= 0.6 is 0 Å². The Morgan fingerprint density at radius 2 is 2.06 bits per heavy atom. The minimum Gasteiger partial charge on any atom is -0.392 e. The lowest BCUT2D eigenvalue weighted by atomic mass is 10.2. The number of aliphatic hydroxyl groups excluding tert-OH is 1. The molecule has 0 aliphatic carbocycles. The van der Waals surface area contributed by atoms with Gasteiger partial charge < -0.3 is 10.0 Å². The molecule has 88 valence electrons. The predicted molar refractivity (Wildman–Crippen MR) is 66.5 cm³/mol. The maximum absolute atomic E-state index is 9.25. The summed E-state index contributed by atoms with van der Waals surface area (Å²) in [5.74, 6) is 0.804. The molecule has 0 spiro atoms. The van der Waals surface area contributed by atoms with E-state index in [-0.39, 0.29) is 6.61 Å². The Kier molecular flexibility index (Phi) is 3.67. The number of rotatable bonds is 4. The van der Waals surface area contributed by atoms with Gasteiger partial charge in [0.05, 0.1) is 6.61 Å². The number of anilines is 1. The van der Waals surface area contributed by atoms with Gasteiger partial charge in [-0.05, 0) is 17.7 Å². The molecule has 4 nitrogen and oxygen atoms in total. The highest BCUT2D eigenvalue weighted by atomic mass is 16.3. The zero-order valence-corrected chi connectivity index (χ0v) is 9.74. The van der Waals surface area contributed by atoms with Crippen LogP contribution in [0, 0.1) is 0 Å². The molecule has 0 unspecified atom stereocenters. The Morgan fingerprint density at radius 3 is 2.76 bits per heavy atom. The van der Waals surface area contributed by atoms with Crippen molar-refractivity contribution in [2.24, 2.45) is 0 Å². The fraction of sp³-hybridized carbons (Fsp3) is 0.231. The SMILES string of the molecule is CN(Cc1cccnc1)c1ncccc1CO. The van der Waals surface area contributed by atoms with Gasteiger partial charge in [-0.3, -0.25) is 4.98 Å². The molecule has 0 radical (unpaired) electrons. The van der Waals surface area contributed by atoms with Crippen LogP contribution in [0.2, 0.25) is 0 Å². The third-order valence-electron chi connectivity index (χ3n) is 2.54. The maximum Gasteiger partial charge on any atom is 0.134 e. The zero-order valence-electron chi connectivity index (χ0n) is 9.74. The molecular weight excluding hydrogens is 214 g/mol. The van der Waals surface area contributed by atoms with E-state index in [2.05, 4.69) is 9.97 Å². The lowest BCUT2D eigenvalue weighted by molar-refractivity contribution is 0.281. The Hall–Kier alpha value is -1.94. The molecule has 17 heavy (non-hydrogen) atoms. The molecule has 2 aromatic rings. The smallest absolute Gasteiger partial charge is 0.134 e. The van der Waals surface area contributed by atoms with E-state index in [4.69, 9.17) is 0 Å². The molecule has 0 saturated carbocycles. The van der Waals surface area contributed by atoms with E-state index in [0.717, 1.165) is 23.5 Å². The Labute approximate surface area is 101 Å². The van der Waals surface area contributed by atoms with E-state index in [9.17, 15) is 5.11 Å². The summed E-state index contributed by atoms with van der Waals surface area (Å²) in [5.41, 5.74) is 1.95. The van der Waals surface area contributed by atoms with Crippen molar-refractivity contribution in [2.45, 2.75) is 13.2 Å². The van der Waals surface area contributed by atoms with Crippen LogP contribution in [-0.2, 0) is 13.2 Å². The van der Waals surface area contributed by atoms with E-state index in [1.165, 1.54) is 0 Å². The average Bonchev–Trinajstić information content (AvgIpc) is 2.40. The molecule has 0 atom stereocenters. The van der Waals surface area contributed by atoms with Crippen molar-refractivity contribution in [3.8, 4) is 0 Å². The normalized spacial score (nSPS) is 10.2. The van der Waals surface area contributed by atoms with E-state index in [1.807, 2.05) is 42.4 Å². The van der Waals surface area contributed by atoms with Crippen LogP contribution in [0.15, 0.2) is 42.9 Å². The fourth-order valence-electron chi connectivity index (χ4n) is 1.74. The topological polar surface area (TPSA) is 49.2 Å². The third kappa shape index (κ3) is 2.79. The number of pyridine rings is 2. The lowest BCUT2D eigenvalue weighted by Crippen LogP contribution is -2.19. The van der Waals surface area contributed by atoms with E-state index >= 15 is 0 Å². The first-order valence-corrected chi connectivity index (χ1v) is 5.46. The highest BCUT2D eigenvalue weighted by molar-refractivity contribution is 5.46. The van der Waals surface area contributed by atoms with Crippen molar-refractivity contribution in [1.82, 2.24) is 9.97 Å². The van der Waals surface area contributed by atoms with Gasteiger partial charge in [0.15, 0.2) is 0 Å². The van der Waals surface area contributed by atoms with Crippen LogP contribution in [0.3, 0.4) is 0 Å². The van der Waals surface area contributed by atoms with Crippen molar-refractivity contribution >= 4 is 5.82 Å². The molecule has 2 rings (SSSR count). The summed E-state index contributed by atoms with van der Waals surface area (Å²) < 4.78 is 0. The van der Waals surface area contributed by atoms with Crippen molar-refractivity contribution in [2.75, 3.05) is 11.9 Å². The van der Waals surface area contributed by atoms with Gasteiger partial charge in [0, 0.05) is 37.7 Å². The van der Waals surface area contributed by atoms with Gasteiger partial charge in [0.25, 0.3) is 0 Å². The maximum atomic E-state index is 9.25. The van der Waals surface area contributed by atoms with Gasteiger partial charge in [0.1, 0.15) is 5.82 Å². The second-order valence-electron chi connectivity index (χ2n) is 3.86. The standard InChI is InChI=1S/C13H15N3O/c1-16(9-11-4-2-6-14-8-11)13-12(10-17)5-3-7-15-13/h2-8,17H,9-10H2,1H3. The molecule has 0 fully saturated rings. The average molecular weight is 229 g/mol. The first-order valence-electron chi connectivity index (χ1n) is 5.46. The van der Waals surface area contributed by atoms with E-state index in [1.54, 1.807) is 12.4 Å². The molecule has 4 heteroatoms. The number of aliphatic hydroxyl groups is 1. The summed E-state index contributed by atoms with van der Waals surface area (Å²) in [6, 6.07) is 7.63. The quantitative estimate of drug-likeness (QED) is 0.865. The zero-order chi connectivity index (χ0) is 12.1. The number of hydrogen-bond donors (Lipinski definition) is 1. The first kappa shape index (κ1) is 11.5.